The van der Waals surface area contributed by atoms with E-state index in [1.165, 1.54) is 0 Å². The molecular formula is C116H76N4O6. The third-order valence-electron chi connectivity index (χ3n) is 26.5. The van der Waals surface area contributed by atoms with Crippen molar-refractivity contribution in [1.82, 2.24) is 0 Å². The first-order chi connectivity index (χ1) is 62.2. The molecule has 0 radical (unpaired) electrons. The molecule has 1 aliphatic carbocycles. The summed E-state index contributed by atoms with van der Waals surface area (Å²) in [7, 11) is 0. The zero-order valence-corrected chi connectivity index (χ0v) is 69.2. The van der Waals surface area contributed by atoms with Gasteiger partial charge in [-0.05, 0) is 176 Å². The van der Waals surface area contributed by atoms with Crippen molar-refractivity contribution in [3.63, 3.8) is 0 Å². The van der Waals surface area contributed by atoms with E-state index in [2.05, 4.69) is 405 Å². The summed E-state index contributed by atoms with van der Waals surface area (Å²) in [5.74, 6) is 0.904. The average molecular weight is 1620 g/mol. The quantitative estimate of drug-likeness (QED) is 0.111. The Labute approximate surface area is 723 Å². The molecule has 6 heterocycles. The zero-order valence-electron chi connectivity index (χ0n) is 69.2. The Balaban J connectivity index is 0.656. The predicted octanol–water partition coefficient (Wildman–Crippen LogP) is 33.5. The van der Waals surface area contributed by atoms with Gasteiger partial charge in [-0.1, -0.05) is 261 Å². The van der Waals surface area contributed by atoms with E-state index < -0.39 is 0 Å². The topological polar surface area (TPSA) is 87.9 Å². The van der Waals surface area contributed by atoms with E-state index in [0.29, 0.717) is 0 Å². The molecule has 26 rings (SSSR count). The van der Waals surface area contributed by atoms with Crippen LogP contribution in [0.1, 0.15) is 33.7 Å². The lowest BCUT2D eigenvalue weighted by Gasteiger charge is -2.30. The van der Waals surface area contributed by atoms with Crippen LogP contribution >= 0.6 is 0 Å². The molecule has 126 heavy (non-hydrogen) atoms. The Morgan fingerprint density at radius 2 is 0.595 bits per heavy atom. The molecule has 0 spiro atoms. The molecule has 0 bridgehead atoms. The minimum Gasteiger partial charge on any atom is -0.483 e. The van der Waals surface area contributed by atoms with Crippen LogP contribution < -0.4 is 24.3 Å². The number of rotatable bonds is 13. The van der Waals surface area contributed by atoms with Gasteiger partial charge in [0.2, 0.25) is 0 Å². The molecule has 596 valence electrons. The molecule has 0 N–H and O–H groups in total. The highest BCUT2D eigenvalue weighted by Gasteiger charge is 2.38. The third kappa shape index (κ3) is 10.7. The van der Waals surface area contributed by atoms with Crippen LogP contribution in [0.2, 0.25) is 0 Å². The second-order valence-electron chi connectivity index (χ2n) is 33.8. The predicted molar refractivity (Wildman–Crippen MR) is 521 cm³/mol. The van der Waals surface area contributed by atoms with Crippen molar-refractivity contribution in [2.24, 2.45) is 0 Å². The Bertz CT molecular complexity index is 8850. The first-order valence-corrected chi connectivity index (χ1v) is 43.2. The molecule has 19 aromatic carbocycles. The molecule has 0 fully saturated rings. The standard InChI is InChI=1S/C116H76N4O6/c1-67-28-23-30-72(60-67)117(97-48-24-43-87-79-35-14-19-52-105(79)121-113(87)97)101-63-91-92-64-102(76-32-7-11-40-84(76)110(92)125-109(91)83-39-10-6-31-75(83)101)118(98-49-25-44-88-80-36-15-20-53-106(80)122-114(88)98)73-57-58-74(69(3)62-73)71-56-59-96(70(4)61-71)120(100-51-27-46-90-82-38-17-22-55-108(82)124-116(90)100)104-66-94-93-65-103(77-33-8-12-41-85(77)111(93)126-112(94)86-42-13-9-34-78(86)104)119(95-47-18-5-29-68(95)2)99-50-26-45-89-81-37-16-21-54-107(81)123-115(89)99/h5-66,80,106H,1-4H3. The Morgan fingerprint density at radius 3 is 1.07 bits per heavy atom. The summed E-state index contributed by atoms with van der Waals surface area (Å²) in [5.41, 5.74) is 27.5. The summed E-state index contributed by atoms with van der Waals surface area (Å²) in [6, 6.07) is 127. The first kappa shape index (κ1) is 71.4. The molecule has 10 nitrogen and oxygen atoms in total. The molecule has 10 heteroatoms. The van der Waals surface area contributed by atoms with Gasteiger partial charge in [0, 0.05) is 131 Å². The van der Waals surface area contributed by atoms with E-state index >= 15 is 0 Å². The Morgan fingerprint density at radius 1 is 0.222 bits per heavy atom. The van der Waals surface area contributed by atoms with Crippen molar-refractivity contribution >= 4 is 221 Å². The normalized spacial score (nSPS) is 13.9. The van der Waals surface area contributed by atoms with Gasteiger partial charge in [0.1, 0.15) is 50.9 Å². The number of ether oxygens (including phenoxy) is 1. The number of hydrogen-bond donors (Lipinski definition) is 0. The van der Waals surface area contributed by atoms with E-state index in [1.54, 1.807) is 0 Å². The SMILES string of the molecule is Cc1cccc(N(c2cc3c4cc(N(c5ccc(-c6ccc(N(c7cc8c9cc(N(c%10ccccc%10C)c%10cccc%11c%10oc%10ccccc%10%11)c%10ccccc%10c9oc8c8ccccc78)c7cccc8c7oc7ccccc78)c(C)c6)c(C)c5)c5cccc6c5OC5C=CC=CC65)c5ccccc5c4oc3c3ccccc23)c2cccc3c2oc2ccccc23)c1. The monoisotopic (exact) mass is 1620 g/mol. The van der Waals surface area contributed by atoms with Crippen LogP contribution in [0.25, 0.3) is 164 Å². The maximum atomic E-state index is 7.45. The summed E-state index contributed by atoms with van der Waals surface area (Å²) in [4.78, 5) is 9.64. The van der Waals surface area contributed by atoms with E-state index in [4.69, 9.17) is 26.8 Å². The molecule has 1 aliphatic heterocycles. The smallest absolute Gasteiger partial charge is 0.159 e. The maximum Gasteiger partial charge on any atom is 0.159 e. The number of allylic oxidation sites excluding steroid dienone is 2. The number of furan rings is 5. The minimum atomic E-state index is -0.157. The third-order valence-corrected chi connectivity index (χ3v) is 26.5. The molecular weight excluding hydrogens is 1550 g/mol. The Hall–Kier alpha value is -16.3. The fourth-order valence-corrected chi connectivity index (χ4v) is 20.8. The number of fused-ring (bicyclic) bond motifs is 26. The van der Waals surface area contributed by atoms with E-state index in [0.717, 1.165) is 266 Å². The fraction of sp³-hybridized carbons (Fsp3) is 0.0517. The Kier molecular flexibility index (Phi) is 15.7. The molecule has 0 saturated heterocycles. The van der Waals surface area contributed by atoms with E-state index in [1.807, 2.05) is 18.2 Å². The first-order valence-electron chi connectivity index (χ1n) is 43.2. The summed E-state index contributed by atoms with van der Waals surface area (Å²) in [6.07, 6.45) is 8.55. The molecule has 2 unspecified atom stereocenters. The molecule has 2 atom stereocenters. The van der Waals surface area contributed by atoms with Crippen molar-refractivity contribution in [1.29, 1.82) is 0 Å². The van der Waals surface area contributed by atoms with Gasteiger partial charge in [0.05, 0.1) is 45.5 Å². The van der Waals surface area contributed by atoms with Gasteiger partial charge < -0.3 is 46.4 Å². The van der Waals surface area contributed by atoms with Crippen LogP contribution in [-0.2, 0) is 0 Å². The van der Waals surface area contributed by atoms with Crippen molar-refractivity contribution in [3.05, 3.63) is 404 Å². The fourth-order valence-electron chi connectivity index (χ4n) is 20.8. The summed E-state index contributed by atoms with van der Waals surface area (Å²) < 4.78 is 43.1. The van der Waals surface area contributed by atoms with Crippen molar-refractivity contribution in [3.8, 4) is 16.9 Å². The lowest BCUT2D eigenvalue weighted by molar-refractivity contribution is 0.269. The van der Waals surface area contributed by atoms with Crippen LogP contribution in [0.5, 0.6) is 5.75 Å². The highest BCUT2D eigenvalue weighted by atomic mass is 16.5. The van der Waals surface area contributed by atoms with Crippen LogP contribution in [0.15, 0.2) is 398 Å². The second kappa shape index (κ2) is 27.6. The van der Waals surface area contributed by atoms with Gasteiger partial charge in [-0.3, -0.25) is 0 Å². The maximum absolute atomic E-state index is 7.45. The van der Waals surface area contributed by atoms with Gasteiger partial charge in [-0.15, -0.1) is 0 Å². The number of para-hydroxylation sites is 8. The van der Waals surface area contributed by atoms with E-state index in [-0.39, 0.29) is 12.0 Å². The van der Waals surface area contributed by atoms with Gasteiger partial charge >= 0.3 is 0 Å². The summed E-state index contributed by atoms with van der Waals surface area (Å²) >= 11 is 0. The average Bonchev–Trinajstić information content (AvgIpc) is 1.54. The van der Waals surface area contributed by atoms with Gasteiger partial charge in [-0.2, -0.15) is 0 Å². The second-order valence-corrected chi connectivity index (χ2v) is 33.8. The summed E-state index contributed by atoms with van der Waals surface area (Å²) in [6.45, 7) is 8.84. The van der Waals surface area contributed by atoms with Crippen molar-refractivity contribution in [2.75, 3.05) is 19.6 Å². The van der Waals surface area contributed by atoms with Crippen molar-refractivity contribution in [2.45, 2.75) is 39.7 Å². The van der Waals surface area contributed by atoms with E-state index in [9.17, 15) is 0 Å². The number of anilines is 12. The van der Waals surface area contributed by atoms with Crippen LogP contribution in [0, 0.1) is 27.7 Å². The van der Waals surface area contributed by atoms with Crippen LogP contribution in [0.4, 0.5) is 68.2 Å². The highest BCUT2D eigenvalue weighted by molar-refractivity contribution is 6.29. The number of aryl methyl sites for hydroxylation is 4. The van der Waals surface area contributed by atoms with Gasteiger partial charge in [-0.25, -0.2) is 0 Å². The number of benzene rings is 19. The van der Waals surface area contributed by atoms with Gasteiger partial charge in [0.15, 0.2) is 16.7 Å². The largest absolute Gasteiger partial charge is 0.483 e. The summed E-state index contributed by atoms with van der Waals surface area (Å²) in [5, 5.41) is 18.3. The zero-order chi connectivity index (χ0) is 83.3. The lowest BCUT2D eigenvalue weighted by Crippen LogP contribution is -2.16. The minimum absolute atomic E-state index is 0.0505. The molecule has 0 amide bonds. The highest BCUT2D eigenvalue weighted by Crippen LogP contribution is 2.58. The molecule has 2 aliphatic rings. The number of hydrogen-bond acceptors (Lipinski definition) is 10. The molecule has 24 aromatic rings. The molecule has 5 aromatic heterocycles. The van der Waals surface area contributed by atoms with Crippen LogP contribution in [-0.4, -0.2) is 6.10 Å². The number of nitrogens with zero attached hydrogens (tertiary/aromatic N) is 4. The molecule has 0 saturated carbocycles. The lowest BCUT2D eigenvalue weighted by atomic mass is 9.91. The van der Waals surface area contributed by atoms with Crippen molar-refractivity contribution < 1.29 is 26.8 Å². The van der Waals surface area contributed by atoms with Crippen LogP contribution in [0.3, 0.4) is 0 Å². The van der Waals surface area contributed by atoms with Gasteiger partial charge in [0.25, 0.3) is 0 Å².